The maximum atomic E-state index is 10.7. The predicted molar refractivity (Wildman–Crippen MR) is 40.9 cm³/mol. The predicted octanol–water partition coefficient (Wildman–Crippen LogP) is -0.316. The molecule has 0 saturated heterocycles. The third-order valence-corrected chi connectivity index (χ3v) is 1.97. The van der Waals surface area contributed by atoms with Gasteiger partial charge in [0.05, 0.1) is 18.4 Å². The molecule has 0 saturated carbocycles. The van der Waals surface area contributed by atoms with Crippen molar-refractivity contribution in [2.24, 2.45) is 0 Å². The summed E-state index contributed by atoms with van der Waals surface area (Å²) >= 11 is 0. The lowest BCUT2D eigenvalue weighted by molar-refractivity contribution is 0.0695. The van der Waals surface area contributed by atoms with Gasteiger partial charge in [-0.3, -0.25) is 4.68 Å². The number of aromatic carboxylic acids is 1. The van der Waals surface area contributed by atoms with Gasteiger partial charge in [-0.05, 0) is 0 Å². The number of aromatic nitrogens is 2. The molecule has 0 fully saturated rings. The lowest BCUT2D eigenvalue weighted by atomic mass is 10.2. The minimum absolute atomic E-state index is 0.308. The number of nitrogens with zero attached hydrogens (tertiary/aromatic N) is 2. The van der Waals surface area contributed by atoms with Crippen LogP contribution >= 0.6 is 0 Å². The van der Waals surface area contributed by atoms with E-state index >= 15 is 0 Å². The zero-order chi connectivity index (χ0) is 8.55. The van der Waals surface area contributed by atoms with Crippen molar-refractivity contribution in [2.75, 3.05) is 6.54 Å². The molecule has 0 amide bonds. The number of carboxylic acids is 1. The van der Waals surface area contributed by atoms with Crippen molar-refractivity contribution in [3.8, 4) is 0 Å². The molecule has 0 aliphatic carbocycles. The maximum absolute atomic E-state index is 10.7. The summed E-state index contributed by atoms with van der Waals surface area (Å²) in [6.45, 7) is 2.21. The average Bonchev–Trinajstić information content (AvgIpc) is 2.47. The minimum Gasteiger partial charge on any atom is -0.478 e. The van der Waals surface area contributed by atoms with Crippen molar-refractivity contribution in [3.63, 3.8) is 0 Å². The maximum Gasteiger partial charge on any atom is 0.339 e. The van der Waals surface area contributed by atoms with Crippen LogP contribution in [0.1, 0.15) is 16.1 Å². The molecule has 5 heteroatoms. The minimum atomic E-state index is -0.903. The second-order valence-corrected chi connectivity index (χ2v) is 2.71. The number of rotatable bonds is 1. The van der Waals surface area contributed by atoms with Gasteiger partial charge < -0.3 is 10.4 Å². The Morgan fingerprint density at radius 1 is 1.75 bits per heavy atom. The summed E-state index contributed by atoms with van der Waals surface area (Å²) in [4.78, 5) is 10.7. The molecule has 64 valence electrons. The molecule has 0 bridgehead atoms. The first-order valence-electron chi connectivity index (χ1n) is 3.78. The zero-order valence-electron chi connectivity index (χ0n) is 6.45. The van der Waals surface area contributed by atoms with E-state index < -0.39 is 5.97 Å². The molecular weight excluding hydrogens is 158 g/mol. The Hall–Kier alpha value is -1.36. The lowest BCUT2D eigenvalue weighted by Gasteiger charge is -2.14. The van der Waals surface area contributed by atoms with Crippen LogP contribution in [0, 0.1) is 0 Å². The quantitative estimate of drug-likeness (QED) is 0.601. The molecule has 5 nitrogen and oxygen atoms in total. The fourth-order valence-electron chi connectivity index (χ4n) is 1.36. The van der Waals surface area contributed by atoms with Gasteiger partial charge in [-0.15, -0.1) is 0 Å². The van der Waals surface area contributed by atoms with Gasteiger partial charge in [0.2, 0.25) is 0 Å². The van der Waals surface area contributed by atoms with E-state index in [0.29, 0.717) is 12.1 Å². The summed E-state index contributed by atoms with van der Waals surface area (Å²) < 4.78 is 1.74. The highest BCUT2D eigenvalue weighted by Crippen LogP contribution is 2.10. The Bertz CT molecular complexity index is 318. The molecule has 2 N–H and O–H groups in total. The van der Waals surface area contributed by atoms with E-state index in [-0.39, 0.29) is 0 Å². The summed E-state index contributed by atoms with van der Waals surface area (Å²) in [6.07, 6.45) is 1.41. The Labute approximate surface area is 69.0 Å². The second kappa shape index (κ2) is 2.60. The largest absolute Gasteiger partial charge is 0.478 e. The molecule has 2 heterocycles. The molecule has 0 aromatic carbocycles. The Morgan fingerprint density at radius 2 is 2.58 bits per heavy atom. The molecule has 2 rings (SSSR count). The van der Waals surface area contributed by atoms with Crippen LogP contribution in [0.4, 0.5) is 0 Å². The van der Waals surface area contributed by atoms with Gasteiger partial charge in [-0.1, -0.05) is 0 Å². The molecule has 0 atom stereocenters. The molecular formula is C7H9N3O2. The van der Waals surface area contributed by atoms with Crippen molar-refractivity contribution < 1.29 is 9.90 Å². The molecule has 0 spiro atoms. The fourth-order valence-corrected chi connectivity index (χ4v) is 1.36. The molecule has 1 aromatic heterocycles. The molecule has 1 aliphatic heterocycles. The van der Waals surface area contributed by atoms with Gasteiger partial charge in [0, 0.05) is 13.1 Å². The summed E-state index contributed by atoms with van der Waals surface area (Å²) in [5, 5.41) is 15.8. The van der Waals surface area contributed by atoms with Gasteiger partial charge >= 0.3 is 5.97 Å². The van der Waals surface area contributed by atoms with Crippen LogP contribution in [0.2, 0.25) is 0 Å². The Balaban J connectivity index is 2.44. The Kier molecular flexibility index (Phi) is 1.58. The summed E-state index contributed by atoms with van der Waals surface area (Å²) in [6, 6.07) is 0. The standard InChI is InChI=1S/C7H9N3O2/c11-7(12)5-3-9-10-2-1-8-4-6(5)10/h3,8H,1-2,4H2,(H,11,12). The SMILES string of the molecule is O=C(O)c1cnn2c1CNCC2. The van der Waals surface area contributed by atoms with Crippen LogP contribution in [0.5, 0.6) is 0 Å². The first kappa shape index (κ1) is 7.30. The van der Waals surface area contributed by atoms with Crippen molar-refractivity contribution in [1.29, 1.82) is 0 Å². The third kappa shape index (κ3) is 0.984. The smallest absolute Gasteiger partial charge is 0.339 e. The molecule has 0 unspecified atom stereocenters. The topological polar surface area (TPSA) is 67.1 Å². The number of hydrogen-bond donors (Lipinski definition) is 2. The van der Waals surface area contributed by atoms with Gasteiger partial charge in [0.15, 0.2) is 0 Å². The van der Waals surface area contributed by atoms with Gasteiger partial charge in [0.1, 0.15) is 5.56 Å². The van der Waals surface area contributed by atoms with E-state index in [2.05, 4.69) is 10.4 Å². The molecule has 1 aliphatic rings. The van der Waals surface area contributed by atoms with Crippen molar-refractivity contribution >= 4 is 5.97 Å². The highest BCUT2D eigenvalue weighted by atomic mass is 16.4. The summed E-state index contributed by atoms with van der Waals surface area (Å²) in [7, 11) is 0. The summed E-state index contributed by atoms with van der Waals surface area (Å²) in [5.41, 5.74) is 1.08. The van der Waals surface area contributed by atoms with Crippen molar-refractivity contribution in [2.45, 2.75) is 13.1 Å². The second-order valence-electron chi connectivity index (χ2n) is 2.71. The number of carbonyl (C=O) groups is 1. The summed E-state index contributed by atoms with van der Waals surface area (Å²) in [5.74, 6) is -0.903. The highest BCUT2D eigenvalue weighted by Gasteiger charge is 2.18. The van der Waals surface area contributed by atoms with E-state index in [1.165, 1.54) is 6.20 Å². The fraction of sp³-hybridized carbons (Fsp3) is 0.429. The molecule has 12 heavy (non-hydrogen) atoms. The van der Waals surface area contributed by atoms with Gasteiger partial charge in [-0.2, -0.15) is 5.10 Å². The van der Waals surface area contributed by atoms with E-state index in [4.69, 9.17) is 5.11 Å². The number of carboxylic acid groups (broad SMARTS) is 1. The van der Waals surface area contributed by atoms with Crippen LogP contribution in [0.15, 0.2) is 6.20 Å². The van der Waals surface area contributed by atoms with Gasteiger partial charge in [0.25, 0.3) is 0 Å². The van der Waals surface area contributed by atoms with Crippen LogP contribution in [0.25, 0.3) is 0 Å². The van der Waals surface area contributed by atoms with Crippen LogP contribution in [0.3, 0.4) is 0 Å². The zero-order valence-corrected chi connectivity index (χ0v) is 6.45. The molecule has 1 aromatic rings. The lowest BCUT2D eigenvalue weighted by Crippen LogP contribution is -2.29. The normalized spacial score (nSPS) is 15.7. The molecule has 0 radical (unpaired) electrons. The number of hydrogen-bond acceptors (Lipinski definition) is 3. The Morgan fingerprint density at radius 3 is 3.33 bits per heavy atom. The van der Waals surface area contributed by atoms with E-state index in [1.54, 1.807) is 4.68 Å². The van der Waals surface area contributed by atoms with Crippen LogP contribution in [-0.2, 0) is 13.1 Å². The van der Waals surface area contributed by atoms with E-state index in [1.807, 2.05) is 0 Å². The average molecular weight is 167 g/mol. The van der Waals surface area contributed by atoms with E-state index in [0.717, 1.165) is 18.8 Å². The monoisotopic (exact) mass is 167 g/mol. The first-order chi connectivity index (χ1) is 5.79. The van der Waals surface area contributed by atoms with Gasteiger partial charge in [-0.25, -0.2) is 4.79 Å². The number of fused-ring (bicyclic) bond motifs is 1. The third-order valence-electron chi connectivity index (χ3n) is 1.97. The van der Waals surface area contributed by atoms with Crippen molar-refractivity contribution in [1.82, 2.24) is 15.1 Å². The van der Waals surface area contributed by atoms with E-state index in [9.17, 15) is 4.79 Å². The number of nitrogens with one attached hydrogen (secondary N) is 1. The van der Waals surface area contributed by atoms with Crippen LogP contribution < -0.4 is 5.32 Å². The highest BCUT2D eigenvalue weighted by molar-refractivity contribution is 5.88. The van der Waals surface area contributed by atoms with Crippen LogP contribution in [-0.4, -0.2) is 27.4 Å². The van der Waals surface area contributed by atoms with Crippen molar-refractivity contribution in [3.05, 3.63) is 17.5 Å². The first-order valence-corrected chi connectivity index (χ1v) is 3.78.